The summed E-state index contributed by atoms with van der Waals surface area (Å²) < 4.78 is 5.03. The number of amides is 1. The zero-order chi connectivity index (χ0) is 21.8. The van der Waals surface area contributed by atoms with Gasteiger partial charge in [0.05, 0.1) is 17.0 Å². The molecule has 1 aliphatic heterocycles. The van der Waals surface area contributed by atoms with Crippen LogP contribution in [0, 0.1) is 10.1 Å². The number of fused-ring (bicyclic) bond motifs is 1. The van der Waals surface area contributed by atoms with Crippen molar-refractivity contribution in [3.63, 3.8) is 0 Å². The lowest BCUT2D eigenvalue weighted by Crippen LogP contribution is -2.49. The maximum Gasteiger partial charge on any atom is 0.409 e. The molecule has 0 atom stereocenters. The van der Waals surface area contributed by atoms with Crippen molar-refractivity contribution in [3.8, 4) is 0 Å². The van der Waals surface area contributed by atoms with Crippen molar-refractivity contribution in [2.24, 2.45) is 0 Å². The van der Waals surface area contributed by atoms with E-state index in [1.165, 1.54) is 18.1 Å². The van der Waals surface area contributed by atoms with Crippen molar-refractivity contribution in [1.29, 1.82) is 0 Å². The maximum atomic E-state index is 12.0. The number of para-hydroxylation sites is 1. The number of nitrogens with zero attached hydrogens (tertiary/aromatic N) is 6. The van der Waals surface area contributed by atoms with Gasteiger partial charge in [-0.15, -0.1) is 0 Å². The van der Waals surface area contributed by atoms with Crippen molar-refractivity contribution in [1.82, 2.24) is 19.9 Å². The van der Waals surface area contributed by atoms with Crippen LogP contribution in [-0.2, 0) is 4.74 Å². The molecule has 1 amide bonds. The Bertz CT molecular complexity index is 1110. The van der Waals surface area contributed by atoms with Crippen LogP contribution in [0.2, 0.25) is 0 Å². The van der Waals surface area contributed by atoms with Gasteiger partial charge >= 0.3 is 11.8 Å². The van der Waals surface area contributed by atoms with Crippen LogP contribution in [0.1, 0.15) is 6.92 Å². The van der Waals surface area contributed by atoms with Gasteiger partial charge < -0.3 is 14.5 Å². The van der Waals surface area contributed by atoms with Crippen LogP contribution in [-0.4, -0.2) is 63.7 Å². The Hall–Kier alpha value is -3.47. The van der Waals surface area contributed by atoms with Gasteiger partial charge in [0.2, 0.25) is 5.82 Å². The van der Waals surface area contributed by atoms with E-state index in [1.807, 2.05) is 30.3 Å². The van der Waals surface area contributed by atoms with E-state index >= 15 is 0 Å². The summed E-state index contributed by atoms with van der Waals surface area (Å²) in [5.41, 5.74) is 0.609. The molecular weight excluding hydrogens is 420 g/mol. The van der Waals surface area contributed by atoms with Gasteiger partial charge in [-0.05, 0) is 19.1 Å². The molecule has 0 unspecified atom stereocenters. The standard InChI is InChI=1S/C20H20N6O4S/c1-2-30-20(27)25-11-9-24(10-12-25)18-17(26(28)29)19(23-13-22-18)31-15-7-3-5-14-6-4-8-21-16(14)15/h3-8,13H,2,9-12H2,1H3. The lowest BCUT2D eigenvalue weighted by molar-refractivity contribution is -0.387. The van der Waals surface area contributed by atoms with Crippen LogP contribution in [0.5, 0.6) is 0 Å². The average Bonchev–Trinajstić information content (AvgIpc) is 2.79. The van der Waals surface area contributed by atoms with Crippen molar-refractivity contribution in [2.45, 2.75) is 16.8 Å². The smallest absolute Gasteiger partial charge is 0.409 e. The largest absolute Gasteiger partial charge is 0.450 e. The number of rotatable bonds is 5. The van der Waals surface area contributed by atoms with Crippen LogP contribution in [0.3, 0.4) is 0 Å². The molecule has 31 heavy (non-hydrogen) atoms. The first-order valence-corrected chi connectivity index (χ1v) is 10.6. The van der Waals surface area contributed by atoms with Crippen LogP contribution in [0.4, 0.5) is 16.3 Å². The Morgan fingerprint density at radius 2 is 1.94 bits per heavy atom. The summed E-state index contributed by atoms with van der Waals surface area (Å²) in [6, 6.07) is 9.47. The Morgan fingerprint density at radius 3 is 2.68 bits per heavy atom. The molecule has 4 rings (SSSR count). The average molecular weight is 440 g/mol. The summed E-state index contributed by atoms with van der Waals surface area (Å²) in [7, 11) is 0. The Labute approximate surface area is 182 Å². The monoisotopic (exact) mass is 440 g/mol. The minimum absolute atomic E-state index is 0.148. The van der Waals surface area contributed by atoms with Crippen LogP contribution in [0.15, 0.2) is 52.8 Å². The Balaban J connectivity index is 1.62. The number of pyridine rings is 1. The highest BCUT2D eigenvalue weighted by Crippen LogP contribution is 2.40. The van der Waals surface area contributed by atoms with E-state index < -0.39 is 4.92 Å². The van der Waals surface area contributed by atoms with Gasteiger partial charge in [-0.2, -0.15) is 0 Å². The first-order valence-electron chi connectivity index (χ1n) is 9.76. The summed E-state index contributed by atoms with van der Waals surface area (Å²) in [5.74, 6) is 0.249. The first-order chi connectivity index (χ1) is 15.1. The molecule has 3 heterocycles. The number of benzene rings is 1. The lowest BCUT2D eigenvalue weighted by atomic mass is 10.2. The van der Waals surface area contributed by atoms with E-state index in [-0.39, 0.29) is 22.6 Å². The molecule has 1 aliphatic rings. The van der Waals surface area contributed by atoms with Gasteiger partial charge in [0.15, 0.2) is 5.03 Å². The summed E-state index contributed by atoms with van der Waals surface area (Å²) in [4.78, 5) is 40.4. The normalized spacial score (nSPS) is 14.0. The highest BCUT2D eigenvalue weighted by Gasteiger charge is 2.31. The van der Waals surface area contributed by atoms with E-state index in [2.05, 4.69) is 15.0 Å². The van der Waals surface area contributed by atoms with Crippen LogP contribution in [0.25, 0.3) is 10.9 Å². The van der Waals surface area contributed by atoms with Gasteiger partial charge in [-0.25, -0.2) is 14.8 Å². The number of hydrogen-bond donors (Lipinski definition) is 0. The van der Waals surface area contributed by atoms with E-state index in [4.69, 9.17) is 4.74 Å². The van der Waals surface area contributed by atoms with Gasteiger partial charge in [-0.3, -0.25) is 15.1 Å². The van der Waals surface area contributed by atoms with E-state index in [0.717, 1.165) is 15.8 Å². The number of nitro groups is 1. The molecule has 0 spiro atoms. The molecule has 0 bridgehead atoms. The molecule has 1 saturated heterocycles. The molecule has 160 valence electrons. The number of piperazine rings is 1. The predicted octanol–water partition coefficient (Wildman–Crippen LogP) is 3.36. The summed E-state index contributed by atoms with van der Waals surface area (Å²) in [6.07, 6.45) is 2.65. The number of carbonyl (C=O) groups is 1. The molecule has 0 radical (unpaired) electrons. The van der Waals surface area contributed by atoms with Gasteiger partial charge in [-0.1, -0.05) is 30.0 Å². The van der Waals surface area contributed by atoms with Gasteiger partial charge in [0.25, 0.3) is 0 Å². The zero-order valence-electron chi connectivity index (χ0n) is 16.8. The predicted molar refractivity (Wildman–Crippen MR) is 115 cm³/mol. The van der Waals surface area contributed by atoms with Crippen molar-refractivity contribution in [3.05, 3.63) is 53.0 Å². The molecule has 0 N–H and O–H groups in total. The lowest BCUT2D eigenvalue weighted by Gasteiger charge is -2.34. The maximum absolute atomic E-state index is 12.0. The molecule has 0 aliphatic carbocycles. The number of carbonyl (C=O) groups excluding carboxylic acids is 1. The molecule has 1 fully saturated rings. The van der Waals surface area contributed by atoms with E-state index in [1.54, 1.807) is 22.9 Å². The topological polar surface area (TPSA) is 115 Å². The number of hydrogen-bond acceptors (Lipinski definition) is 9. The zero-order valence-corrected chi connectivity index (χ0v) is 17.6. The minimum atomic E-state index is -0.450. The van der Waals surface area contributed by atoms with E-state index in [9.17, 15) is 14.9 Å². The second-order valence-corrected chi connectivity index (χ2v) is 7.75. The molecule has 0 saturated carbocycles. The van der Waals surface area contributed by atoms with E-state index in [0.29, 0.717) is 32.8 Å². The molecule has 1 aromatic carbocycles. The molecular formula is C20H20N6O4S. The number of aromatic nitrogens is 3. The molecule has 2 aromatic heterocycles. The first kappa shape index (κ1) is 20.8. The molecule has 11 heteroatoms. The van der Waals surface area contributed by atoms with Crippen LogP contribution >= 0.6 is 11.8 Å². The molecule has 10 nitrogen and oxygen atoms in total. The fourth-order valence-corrected chi connectivity index (χ4v) is 4.38. The van der Waals surface area contributed by atoms with Gasteiger partial charge in [0.1, 0.15) is 6.33 Å². The van der Waals surface area contributed by atoms with Gasteiger partial charge in [0, 0.05) is 42.7 Å². The third kappa shape index (κ3) is 4.36. The third-order valence-corrected chi connectivity index (χ3v) is 5.90. The third-order valence-electron chi connectivity index (χ3n) is 4.86. The second-order valence-electron chi connectivity index (χ2n) is 6.71. The highest BCUT2D eigenvalue weighted by molar-refractivity contribution is 7.99. The fourth-order valence-electron chi connectivity index (χ4n) is 3.40. The summed E-state index contributed by atoms with van der Waals surface area (Å²) in [5, 5.41) is 13.2. The quantitative estimate of drug-likeness (QED) is 0.334. The summed E-state index contributed by atoms with van der Waals surface area (Å²) in [6.45, 7) is 3.68. The Morgan fingerprint density at radius 1 is 1.16 bits per heavy atom. The minimum Gasteiger partial charge on any atom is -0.450 e. The molecule has 3 aromatic rings. The second kappa shape index (κ2) is 9.13. The fraction of sp³-hybridized carbons (Fsp3) is 0.300. The van der Waals surface area contributed by atoms with Crippen molar-refractivity contribution < 1.29 is 14.5 Å². The number of ether oxygens (including phenoxy) is 1. The number of anilines is 1. The Kier molecular flexibility index (Phi) is 6.12. The van der Waals surface area contributed by atoms with Crippen LogP contribution < -0.4 is 4.90 Å². The SMILES string of the molecule is CCOC(=O)N1CCN(c2ncnc(Sc3cccc4cccnc34)c2[N+](=O)[O-])CC1. The van der Waals surface area contributed by atoms with Crippen molar-refractivity contribution in [2.75, 3.05) is 37.7 Å². The highest BCUT2D eigenvalue weighted by atomic mass is 32.2. The summed E-state index contributed by atoms with van der Waals surface area (Å²) >= 11 is 1.20. The van der Waals surface area contributed by atoms with Crippen molar-refractivity contribution >= 4 is 40.3 Å².